The summed E-state index contributed by atoms with van der Waals surface area (Å²) in [6.07, 6.45) is 1.29. The summed E-state index contributed by atoms with van der Waals surface area (Å²) in [5.74, 6) is -1.10. The van der Waals surface area contributed by atoms with Gasteiger partial charge in [0.1, 0.15) is 11.9 Å². The van der Waals surface area contributed by atoms with Crippen molar-refractivity contribution in [1.82, 2.24) is 5.32 Å². The van der Waals surface area contributed by atoms with Crippen molar-refractivity contribution in [3.63, 3.8) is 0 Å². The van der Waals surface area contributed by atoms with Gasteiger partial charge in [0.2, 0.25) is 5.91 Å². The van der Waals surface area contributed by atoms with Crippen LogP contribution in [0.5, 0.6) is 0 Å². The van der Waals surface area contributed by atoms with Gasteiger partial charge < -0.3 is 15.0 Å². The molecule has 0 radical (unpaired) electrons. The van der Waals surface area contributed by atoms with Crippen LogP contribution in [-0.4, -0.2) is 57.4 Å². The first-order chi connectivity index (χ1) is 14.8. The van der Waals surface area contributed by atoms with E-state index in [0.29, 0.717) is 24.5 Å². The number of hydrogen-bond acceptors (Lipinski definition) is 7. The van der Waals surface area contributed by atoms with Crippen molar-refractivity contribution in [1.29, 1.82) is 0 Å². The number of nitrogens with zero attached hydrogens (tertiary/aromatic N) is 2. The molecule has 0 bridgehead atoms. The van der Waals surface area contributed by atoms with Crippen LogP contribution in [0, 0.1) is 17.2 Å². The molecular weight excluding hydrogens is 409 g/mol. The number of carbonyl (C=O) groups is 3. The van der Waals surface area contributed by atoms with Gasteiger partial charge in [0.15, 0.2) is 0 Å². The molecule has 3 fully saturated rings. The summed E-state index contributed by atoms with van der Waals surface area (Å²) in [6, 6.07) is 4.69. The maximum atomic E-state index is 14.9. The number of rotatable bonds is 6. The Morgan fingerprint density at radius 1 is 1.32 bits per heavy atom. The number of halogens is 1. The molecular formula is C21H26FN3O6. The maximum Gasteiger partial charge on any atom is 0.414 e. The molecule has 1 spiro atoms. The van der Waals surface area contributed by atoms with E-state index >= 15 is 0 Å². The number of benzene rings is 1. The fraction of sp³-hybridized carbons (Fsp3) is 0.571. The van der Waals surface area contributed by atoms with E-state index < -0.39 is 18.0 Å². The molecule has 2 aliphatic heterocycles. The molecule has 3 aliphatic rings. The van der Waals surface area contributed by atoms with Crippen molar-refractivity contribution in [3.05, 3.63) is 24.0 Å². The second-order valence-electron chi connectivity index (χ2n) is 8.36. The summed E-state index contributed by atoms with van der Waals surface area (Å²) in [5.41, 5.74) is 0.817. The third kappa shape index (κ3) is 4.30. The quantitative estimate of drug-likeness (QED) is 0.539. The van der Waals surface area contributed by atoms with Crippen LogP contribution in [0.1, 0.15) is 26.2 Å². The minimum absolute atomic E-state index is 0.0647. The third-order valence-corrected chi connectivity index (χ3v) is 6.44. The van der Waals surface area contributed by atoms with E-state index in [0.717, 1.165) is 19.3 Å². The van der Waals surface area contributed by atoms with Gasteiger partial charge in [-0.1, -0.05) is 0 Å². The Balaban J connectivity index is 1.36. The lowest BCUT2D eigenvalue weighted by Gasteiger charge is -2.34. The first-order valence-corrected chi connectivity index (χ1v) is 10.3. The number of nitrogens with one attached hydrogen (secondary N) is 1. The average Bonchev–Trinajstić information content (AvgIpc) is 3.30. The van der Waals surface area contributed by atoms with Gasteiger partial charge in [-0.15, -0.1) is 0 Å². The van der Waals surface area contributed by atoms with Gasteiger partial charge in [-0.3, -0.25) is 14.6 Å². The molecule has 2 unspecified atom stereocenters. The third-order valence-electron chi connectivity index (χ3n) is 6.44. The molecule has 1 aliphatic carbocycles. The monoisotopic (exact) mass is 435 g/mol. The minimum atomic E-state index is -0.565. The molecule has 1 aromatic rings. The van der Waals surface area contributed by atoms with E-state index in [4.69, 9.17) is 4.74 Å². The number of amides is 2. The van der Waals surface area contributed by atoms with Crippen molar-refractivity contribution in [2.24, 2.45) is 11.3 Å². The summed E-state index contributed by atoms with van der Waals surface area (Å²) < 4.78 is 20.1. The normalized spacial score (nSPS) is 24.2. The molecule has 4 rings (SSSR count). The minimum Gasteiger partial charge on any atom is -0.442 e. The lowest BCUT2D eigenvalue weighted by Crippen LogP contribution is -2.36. The molecule has 2 amide bonds. The zero-order valence-electron chi connectivity index (χ0n) is 17.6. The van der Waals surface area contributed by atoms with Crippen molar-refractivity contribution in [2.45, 2.75) is 32.3 Å². The standard InChI is InChI=1S/C21H26FN3O6/c1-13(26)23-11-15-12-25(20(28)30-15)14-3-4-18(17(22)9-14)24-7-5-21(6-8-24)10-16(21)19(27)31-29-2/h3-4,9,15-16H,5-8,10-12H2,1-2H3,(H,23,26). The highest BCUT2D eigenvalue weighted by Gasteiger charge is 2.60. The fourth-order valence-corrected chi connectivity index (χ4v) is 4.58. The van der Waals surface area contributed by atoms with Gasteiger partial charge in [-0.05, 0) is 42.9 Å². The van der Waals surface area contributed by atoms with E-state index in [1.165, 1.54) is 25.0 Å². The van der Waals surface area contributed by atoms with E-state index in [2.05, 4.69) is 15.1 Å². The van der Waals surface area contributed by atoms with Gasteiger partial charge in [0.05, 0.1) is 37.5 Å². The first-order valence-electron chi connectivity index (χ1n) is 10.3. The van der Waals surface area contributed by atoms with Crippen LogP contribution in [0.25, 0.3) is 0 Å². The Bertz CT molecular complexity index is 886. The zero-order valence-corrected chi connectivity index (χ0v) is 17.6. The molecule has 2 saturated heterocycles. The summed E-state index contributed by atoms with van der Waals surface area (Å²) in [7, 11) is 1.31. The second kappa shape index (κ2) is 8.33. The number of carbonyl (C=O) groups excluding carboxylic acids is 3. The van der Waals surface area contributed by atoms with Crippen molar-refractivity contribution < 1.29 is 33.3 Å². The van der Waals surface area contributed by atoms with Crippen LogP contribution >= 0.6 is 0 Å². The van der Waals surface area contributed by atoms with Crippen molar-refractivity contribution >= 4 is 29.3 Å². The number of anilines is 2. The Morgan fingerprint density at radius 3 is 2.71 bits per heavy atom. The van der Waals surface area contributed by atoms with Gasteiger partial charge in [-0.2, -0.15) is 4.89 Å². The predicted molar refractivity (Wildman–Crippen MR) is 108 cm³/mol. The smallest absolute Gasteiger partial charge is 0.414 e. The Hall–Kier alpha value is -2.88. The van der Waals surface area contributed by atoms with Crippen molar-refractivity contribution in [3.8, 4) is 0 Å². The summed E-state index contributed by atoms with van der Waals surface area (Å²) >= 11 is 0. The van der Waals surface area contributed by atoms with Gasteiger partial charge >= 0.3 is 12.1 Å². The van der Waals surface area contributed by atoms with Crippen LogP contribution in [-0.2, 0) is 24.1 Å². The van der Waals surface area contributed by atoms with Gasteiger partial charge in [0.25, 0.3) is 0 Å². The zero-order chi connectivity index (χ0) is 22.2. The summed E-state index contributed by atoms with van der Waals surface area (Å²) in [6.45, 7) is 3.12. The SMILES string of the molecule is COOC(=O)C1CC12CCN(c1ccc(N3CC(CNC(C)=O)OC3=O)cc1F)CC2. The number of ether oxygens (including phenoxy) is 1. The average molecular weight is 435 g/mol. The molecule has 1 saturated carbocycles. The second-order valence-corrected chi connectivity index (χ2v) is 8.36. The fourth-order valence-electron chi connectivity index (χ4n) is 4.58. The van der Waals surface area contributed by atoms with E-state index in [1.54, 1.807) is 12.1 Å². The highest BCUT2D eigenvalue weighted by atomic mass is 19.1. The Morgan fingerprint density at radius 2 is 2.06 bits per heavy atom. The molecule has 1 aromatic carbocycles. The van der Waals surface area contributed by atoms with E-state index in [1.807, 2.05) is 4.90 Å². The van der Waals surface area contributed by atoms with E-state index in [-0.39, 0.29) is 36.3 Å². The summed E-state index contributed by atoms with van der Waals surface area (Å²) in [4.78, 5) is 47.5. The molecule has 9 nitrogen and oxygen atoms in total. The molecule has 31 heavy (non-hydrogen) atoms. The van der Waals surface area contributed by atoms with Crippen LogP contribution in [0.3, 0.4) is 0 Å². The van der Waals surface area contributed by atoms with Gasteiger partial charge in [0, 0.05) is 20.0 Å². The molecule has 0 aromatic heterocycles. The molecule has 2 atom stereocenters. The highest BCUT2D eigenvalue weighted by molar-refractivity contribution is 5.90. The summed E-state index contributed by atoms with van der Waals surface area (Å²) in [5, 5.41) is 2.61. The van der Waals surface area contributed by atoms with Crippen LogP contribution in [0.15, 0.2) is 18.2 Å². The number of piperidine rings is 1. The highest BCUT2D eigenvalue weighted by Crippen LogP contribution is 2.60. The molecule has 1 N–H and O–H groups in total. The largest absolute Gasteiger partial charge is 0.442 e. The van der Waals surface area contributed by atoms with Crippen LogP contribution in [0.2, 0.25) is 0 Å². The number of hydrogen-bond donors (Lipinski definition) is 1. The first kappa shape index (κ1) is 21.4. The lowest BCUT2D eigenvalue weighted by molar-refractivity contribution is -0.257. The Kier molecular flexibility index (Phi) is 5.74. The topological polar surface area (TPSA) is 97.4 Å². The van der Waals surface area contributed by atoms with Gasteiger partial charge in [-0.25, -0.2) is 14.0 Å². The maximum absolute atomic E-state index is 14.9. The van der Waals surface area contributed by atoms with Crippen molar-refractivity contribution in [2.75, 3.05) is 43.1 Å². The number of cyclic esters (lactones) is 1. The molecule has 168 valence electrons. The van der Waals surface area contributed by atoms with E-state index in [9.17, 15) is 18.8 Å². The predicted octanol–water partition coefficient (Wildman–Crippen LogP) is 2.00. The van der Waals surface area contributed by atoms with Crippen LogP contribution < -0.4 is 15.1 Å². The molecule has 10 heteroatoms. The molecule has 2 heterocycles. The Labute approximate surface area is 179 Å². The van der Waals surface area contributed by atoms with Crippen LogP contribution in [0.4, 0.5) is 20.6 Å². The lowest BCUT2D eigenvalue weighted by atomic mass is 9.90.